The summed E-state index contributed by atoms with van der Waals surface area (Å²) in [5.41, 5.74) is 1.72. The van der Waals surface area contributed by atoms with Crippen LogP contribution in [-0.2, 0) is 5.75 Å². The topological polar surface area (TPSA) is 63.0 Å². The molecule has 3 heterocycles. The van der Waals surface area contributed by atoms with Gasteiger partial charge in [0, 0.05) is 5.75 Å². The van der Waals surface area contributed by atoms with Gasteiger partial charge in [0.2, 0.25) is 5.16 Å². The summed E-state index contributed by atoms with van der Waals surface area (Å²) in [7, 11) is 0. The number of aromatic nitrogens is 4. The molecule has 0 spiro atoms. The van der Waals surface area contributed by atoms with Crippen LogP contribution >= 0.6 is 23.1 Å². The Morgan fingerprint density at radius 1 is 1.25 bits per heavy atom. The Bertz CT molecular complexity index is 1060. The highest BCUT2D eigenvalue weighted by Gasteiger charge is 2.13. The Morgan fingerprint density at radius 3 is 2.96 bits per heavy atom. The fourth-order valence-corrected chi connectivity index (χ4v) is 3.83. The zero-order valence-electron chi connectivity index (χ0n) is 12.3. The average molecular weight is 358 g/mol. The van der Waals surface area contributed by atoms with Gasteiger partial charge in [0.1, 0.15) is 17.0 Å². The van der Waals surface area contributed by atoms with Crippen LogP contribution in [0.2, 0.25) is 0 Å². The van der Waals surface area contributed by atoms with E-state index in [4.69, 9.17) is 0 Å². The lowest BCUT2D eigenvalue weighted by atomic mass is 10.2. The molecule has 0 fully saturated rings. The number of fused-ring (bicyclic) bond motifs is 1. The maximum atomic E-state index is 13.3. The van der Waals surface area contributed by atoms with Crippen LogP contribution in [0.3, 0.4) is 0 Å². The number of hydrogen-bond donors (Lipinski definition) is 1. The largest absolute Gasteiger partial charge is 0.290 e. The second-order valence-electron chi connectivity index (χ2n) is 5.06. The minimum atomic E-state index is -0.291. The third-order valence-corrected chi connectivity index (χ3v) is 5.30. The molecule has 0 aliphatic carbocycles. The van der Waals surface area contributed by atoms with E-state index < -0.39 is 0 Å². The summed E-state index contributed by atoms with van der Waals surface area (Å²) in [6, 6.07) is 12.0. The highest BCUT2D eigenvalue weighted by Crippen LogP contribution is 2.26. The second kappa shape index (κ2) is 6.21. The standard InChI is InChI=1S/C16H11FN4OS2/c17-11-4-1-3-10(7-11)9-24-16-19-18-15(22)13-8-12(20-21(13)16)14-5-2-6-23-14/h1-8H,9H2,(H,18,22). The van der Waals surface area contributed by atoms with Crippen molar-refractivity contribution < 1.29 is 4.39 Å². The molecule has 120 valence electrons. The van der Waals surface area contributed by atoms with E-state index in [9.17, 15) is 9.18 Å². The molecule has 0 saturated heterocycles. The summed E-state index contributed by atoms with van der Waals surface area (Å²) in [5.74, 6) is 0.256. The van der Waals surface area contributed by atoms with Gasteiger partial charge in [-0.15, -0.1) is 16.4 Å². The summed E-state index contributed by atoms with van der Waals surface area (Å²) in [5, 5.41) is 13.6. The van der Waals surface area contributed by atoms with E-state index in [1.54, 1.807) is 23.5 Å². The number of nitrogens with one attached hydrogen (secondary N) is 1. The van der Waals surface area contributed by atoms with Gasteiger partial charge >= 0.3 is 0 Å². The minimum absolute atomic E-state index is 0.272. The van der Waals surface area contributed by atoms with Crippen molar-refractivity contribution in [3.8, 4) is 10.6 Å². The zero-order chi connectivity index (χ0) is 16.5. The van der Waals surface area contributed by atoms with Crippen LogP contribution < -0.4 is 5.56 Å². The molecule has 5 nitrogen and oxygen atoms in total. The highest BCUT2D eigenvalue weighted by molar-refractivity contribution is 7.98. The van der Waals surface area contributed by atoms with Crippen molar-refractivity contribution in [3.05, 3.63) is 69.6 Å². The van der Waals surface area contributed by atoms with Crippen molar-refractivity contribution in [2.75, 3.05) is 0 Å². The van der Waals surface area contributed by atoms with Crippen molar-refractivity contribution in [1.29, 1.82) is 0 Å². The third kappa shape index (κ3) is 2.85. The van der Waals surface area contributed by atoms with Crippen molar-refractivity contribution >= 4 is 28.6 Å². The first kappa shape index (κ1) is 15.1. The lowest BCUT2D eigenvalue weighted by molar-refractivity contribution is 0.626. The number of aromatic amines is 1. The molecule has 1 N–H and O–H groups in total. The molecule has 4 aromatic rings. The van der Waals surface area contributed by atoms with E-state index in [2.05, 4.69) is 15.3 Å². The molecule has 4 rings (SSSR count). The Labute approximate surface area is 144 Å². The van der Waals surface area contributed by atoms with Gasteiger partial charge in [-0.25, -0.2) is 14.0 Å². The number of nitrogens with zero attached hydrogens (tertiary/aromatic N) is 3. The summed E-state index contributed by atoms with van der Waals surface area (Å²) >= 11 is 2.94. The summed E-state index contributed by atoms with van der Waals surface area (Å²) in [4.78, 5) is 13.0. The molecule has 0 radical (unpaired) electrons. The summed E-state index contributed by atoms with van der Waals surface area (Å²) in [6.07, 6.45) is 0. The SMILES string of the molecule is O=c1[nH]nc(SCc2cccc(F)c2)n2nc(-c3cccs3)cc12. The monoisotopic (exact) mass is 358 g/mol. The molecule has 0 saturated carbocycles. The maximum absolute atomic E-state index is 13.3. The molecule has 0 atom stereocenters. The van der Waals surface area contributed by atoms with Gasteiger partial charge in [0.05, 0.1) is 4.88 Å². The van der Waals surface area contributed by atoms with Gasteiger partial charge in [-0.2, -0.15) is 5.10 Å². The lowest BCUT2D eigenvalue weighted by Gasteiger charge is -2.03. The molecule has 8 heteroatoms. The highest BCUT2D eigenvalue weighted by atomic mass is 32.2. The molecule has 3 aromatic heterocycles. The molecule has 0 aliphatic rings. The first-order valence-corrected chi connectivity index (χ1v) is 8.97. The lowest BCUT2D eigenvalue weighted by Crippen LogP contribution is -2.13. The number of halogens is 1. The molecule has 1 aromatic carbocycles. The van der Waals surface area contributed by atoms with Gasteiger partial charge in [-0.3, -0.25) is 4.79 Å². The summed E-state index contributed by atoms with van der Waals surface area (Å²) < 4.78 is 14.8. The van der Waals surface area contributed by atoms with E-state index in [0.29, 0.717) is 16.4 Å². The van der Waals surface area contributed by atoms with Crippen LogP contribution in [0.1, 0.15) is 5.56 Å². The molecule has 0 bridgehead atoms. The Hall–Kier alpha value is -2.45. The van der Waals surface area contributed by atoms with Crippen molar-refractivity contribution in [3.63, 3.8) is 0 Å². The Morgan fingerprint density at radius 2 is 2.17 bits per heavy atom. The van der Waals surface area contributed by atoms with Gasteiger partial charge in [0.15, 0.2) is 0 Å². The Kier molecular flexibility index (Phi) is 3.91. The fourth-order valence-electron chi connectivity index (χ4n) is 2.30. The molecule has 0 amide bonds. The second-order valence-corrected chi connectivity index (χ2v) is 6.95. The van der Waals surface area contributed by atoms with E-state index >= 15 is 0 Å². The van der Waals surface area contributed by atoms with Crippen LogP contribution in [0.25, 0.3) is 16.1 Å². The van der Waals surface area contributed by atoms with Gasteiger partial charge in [-0.05, 0) is 35.2 Å². The first-order valence-electron chi connectivity index (χ1n) is 7.10. The third-order valence-electron chi connectivity index (χ3n) is 3.41. The van der Waals surface area contributed by atoms with Crippen molar-refractivity contribution in [1.82, 2.24) is 19.8 Å². The van der Waals surface area contributed by atoms with E-state index in [-0.39, 0.29) is 11.4 Å². The quantitative estimate of drug-likeness (QED) is 0.567. The van der Waals surface area contributed by atoms with Gasteiger partial charge in [-0.1, -0.05) is 30.0 Å². The predicted molar refractivity (Wildman–Crippen MR) is 92.9 cm³/mol. The van der Waals surface area contributed by atoms with Crippen molar-refractivity contribution in [2.24, 2.45) is 0 Å². The number of rotatable bonds is 4. The number of thioether (sulfide) groups is 1. The van der Waals surface area contributed by atoms with Crippen LogP contribution in [0.15, 0.2) is 57.8 Å². The predicted octanol–water partition coefficient (Wildman–Crippen LogP) is 3.58. The molecule has 24 heavy (non-hydrogen) atoms. The fraction of sp³-hybridized carbons (Fsp3) is 0.0625. The van der Waals surface area contributed by atoms with Crippen molar-refractivity contribution in [2.45, 2.75) is 10.9 Å². The summed E-state index contributed by atoms with van der Waals surface area (Å²) in [6.45, 7) is 0. The zero-order valence-corrected chi connectivity index (χ0v) is 13.9. The van der Waals surface area contributed by atoms with E-state index in [1.807, 2.05) is 23.6 Å². The smallest absolute Gasteiger partial charge is 0.266 e. The van der Waals surface area contributed by atoms with Gasteiger partial charge in [0.25, 0.3) is 5.56 Å². The Balaban J connectivity index is 1.70. The number of thiophene rings is 1. The number of H-pyrrole nitrogens is 1. The van der Waals surface area contributed by atoms with Crippen LogP contribution in [-0.4, -0.2) is 19.8 Å². The van der Waals surface area contributed by atoms with Crippen LogP contribution in [0, 0.1) is 5.82 Å². The minimum Gasteiger partial charge on any atom is -0.266 e. The normalized spacial score (nSPS) is 11.2. The average Bonchev–Trinajstić information content (AvgIpc) is 3.24. The number of benzene rings is 1. The van der Waals surface area contributed by atoms with E-state index in [0.717, 1.165) is 16.1 Å². The van der Waals surface area contributed by atoms with Gasteiger partial charge < -0.3 is 0 Å². The van der Waals surface area contributed by atoms with E-state index in [1.165, 1.54) is 28.4 Å². The first-order chi connectivity index (χ1) is 11.7. The van der Waals surface area contributed by atoms with Crippen LogP contribution in [0.5, 0.6) is 0 Å². The molecule has 0 unspecified atom stereocenters. The van der Waals surface area contributed by atoms with Crippen LogP contribution in [0.4, 0.5) is 4.39 Å². The maximum Gasteiger partial charge on any atom is 0.290 e. The number of hydrogen-bond acceptors (Lipinski definition) is 5. The molecule has 0 aliphatic heterocycles. The molecular weight excluding hydrogens is 347 g/mol. The molecular formula is C16H11FN4OS2.